The maximum atomic E-state index is 6.19. The molecule has 39 heavy (non-hydrogen) atoms. The minimum absolute atomic E-state index is 0.476. The number of likely N-dealkylation sites (tertiary alicyclic amines) is 1. The van der Waals surface area contributed by atoms with Gasteiger partial charge in [0, 0.05) is 17.8 Å². The Morgan fingerprint density at radius 1 is 1.05 bits per heavy atom. The molecule has 1 fully saturated rings. The quantitative estimate of drug-likeness (QED) is 0.233. The number of piperidine rings is 1. The summed E-state index contributed by atoms with van der Waals surface area (Å²) in [4.78, 5) is 6.97. The SMILES string of the molecule is C=C(C)C(/C(=C\CC)c1ccc(Oc2ccccc2)cc1)=C(N)\N=C/C.CCCC(CC)N1CCC(C)CC1. The summed E-state index contributed by atoms with van der Waals surface area (Å²) in [7, 11) is 0. The lowest BCUT2D eigenvalue weighted by atomic mass is 9.92. The topological polar surface area (TPSA) is 50.9 Å². The van der Waals surface area contributed by atoms with E-state index in [4.69, 9.17) is 10.5 Å². The van der Waals surface area contributed by atoms with E-state index in [0.29, 0.717) is 5.82 Å². The first-order valence-corrected chi connectivity index (χ1v) is 14.8. The molecule has 1 aliphatic heterocycles. The van der Waals surface area contributed by atoms with Crippen molar-refractivity contribution < 1.29 is 4.74 Å². The van der Waals surface area contributed by atoms with Crippen LogP contribution >= 0.6 is 0 Å². The van der Waals surface area contributed by atoms with Crippen LogP contribution in [0.3, 0.4) is 0 Å². The monoisotopic (exact) mass is 529 g/mol. The van der Waals surface area contributed by atoms with Crippen LogP contribution in [-0.4, -0.2) is 30.2 Å². The summed E-state index contributed by atoms with van der Waals surface area (Å²) in [6.07, 6.45) is 11.6. The van der Waals surface area contributed by atoms with Crippen molar-refractivity contribution in [2.24, 2.45) is 16.6 Å². The highest BCUT2D eigenvalue weighted by Gasteiger charge is 2.21. The molecule has 212 valence electrons. The molecule has 1 heterocycles. The van der Waals surface area contributed by atoms with Gasteiger partial charge >= 0.3 is 0 Å². The van der Waals surface area contributed by atoms with Crippen molar-refractivity contribution >= 4 is 11.8 Å². The molecular formula is C35H51N3O. The van der Waals surface area contributed by atoms with Gasteiger partial charge in [0.05, 0.1) is 0 Å². The number of para-hydroxylation sites is 1. The highest BCUT2D eigenvalue weighted by Crippen LogP contribution is 2.32. The van der Waals surface area contributed by atoms with Gasteiger partial charge in [0.2, 0.25) is 0 Å². The summed E-state index contributed by atoms with van der Waals surface area (Å²) in [6.45, 7) is 19.7. The lowest BCUT2D eigenvalue weighted by Crippen LogP contribution is -2.40. The zero-order valence-corrected chi connectivity index (χ0v) is 25.2. The minimum atomic E-state index is 0.476. The van der Waals surface area contributed by atoms with Crippen molar-refractivity contribution in [1.29, 1.82) is 0 Å². The highest BCUT2D eigenvalue weighted by atomic mass is 16.5. The molecule has 4 heteroatoms. The number of allylic oxidation sites excluding steroid dienone is 4. The average Bonchev–Trinajstić information content (AvgIpc) is 2.93. The molecule has 0 amide bonds. The van der Waals surface area contributed by atoms with E-state index in [-0.39, 0.29) is 0 Å². The summed E-state index contributed by atoms with van der Waals surface area (Å²) in [5, 5.41) is 0. The van der Waals surface area contributed by atoms with Gasteiger partial charge in [-0.25, -0.2) is 4.99 Å². The van der Waals surface area contributed by atoms with Crippen LogP contribution < -0.4 is 10.5 Å². The molecule has 2 aromatic rings. The fourth-order valence-corrected chi connectivity index (χ4v) is 5.06. The maximum absolute atomic E-state index is 6.19. The Hall–Kier alpha value is -3.11. The van der Waals surface area contributed by atoms with Gasteiger partial charge in [-0.1, -0.05) is 77.1 Å². The molecule has 0 radical (unpaired) electrons. The number of nitrogens with zero attached hydrogens (tertiary/aromatic N) is 2. The van der Waals surface area contributed by atoms with Gasteiger partial charge in [-0.15, -0.1) is 0 Å². The van der Waals surface area contributed by atoms with E-state index in [1.165, 1.54) is 45.2 Å². The van der Waals surface area contributed by atoms with Crippen LogP contribution in [0.15, 0.2) is 89.2 Å². The summed E-state index contributed by atoms with van der Waals surface area (Å²) in [5.41, 5.74) is 10.0. The number of ether oxygens (including phenoxy) is 1. The van der Waals surface area contributed by atoms with Crippen LogP contribution in [0.1, 0.15) is 85.6 Å². The predicted molar refractivity (Wildman–Crippen MR) is 170 cm³/mol. The molecule has 0 aromatic heterocycles. The summed E-state index contributed by atoms with van der Waals surface area (Å²) >= 11 is 0. The number of hydrogen-bond acceptors (Lipinski definition) is 4. The highest BCUT2D eigenvalue weighted by molar-refractivity contribution is 5.84. The summed E-state index contributed by atoms with van der Waals surface area (Å²) < 4.78 is 5.87. The van der Waals surface area contributed by atoms with Crippen LogP contribution in [0.4, 0.5) is 0 Å². The third kappa shape index (κ3) is 10.5. The standard InChI is InChI=1S/C23H26N2O.C12H25N/c1-5-10-21(22(17(3)4)23(24)25-6-2)18-13-15-20(16-14-18)26-19-11-8-7-9-12-19;1-4-6-12(5-2)13-9-7-11(3)8-10-13/h6-16H,3,5,24H2,1-2,4H3;11-12H,4-10H2,1-3H3/b21-10-,23-22+,25-6-;. The molecule has 1 aliphatic rings. The molecule has 3 rings (SSSR count). The fourth-order valence-electron chi connectivity index (χ4n) is 5.06. The zero-order valence-electron chi connectivity index (χ0n) is 25.2. The third-order valence-electron chi connectivity index (χ3n) is 7.20. The van der Waals surface area contributed by atoms with Crippen LogP contribution in [0, 0.1) is 5.92 Å². The first-order valence-electron chi connectivity index (χ1n) is 14.8. The Kier molecular flexibility index (Phi) is 14.4. The molecule has 2 aromatic carbocycles. The van der Waals surface area contributed by atoms with E-state index in [0.717, 1.165) is 52.2 Å². The Labute approximate surface area is 238 Å². The Balaban J connectivity index is 0.000000344. The van der Waals surface area contributed by atoms with Crippen LogP contribution in [0.2, 0.25) is 0 Å². The van der Waals surface area contributed by atoms with Crippen molar-refractivity contribution in [3.63, 3.8) is 0 Å². The van der Waals surface area contributed by atoms with E-state index in [9.17, 15) is 0 Å². The second-order valence-electron chi connectivity index (χ2n) is 10.5. The summed E-state index contributed by atoms with van der Waals surface area (Å²) in [6, 6.07) is 18.6. The molecule has 0 bridgehead atoms. The van der Waals surface area contributed by atoms with E-state index in [1.54, 1.807) is 6.21 Å². The molecule has 0 aliphatic carbocycles. The predicted octanol–water partition coefficient (Wildman–Crippen LogP) is 9.41. The first-order chi connectivity index (χ1) is 18.8. The number of rotatable bonds is 11. The van der Waals surface area contributed by atoms with Gasteiger partial charge in [0.25, 0.3) is 0 Å². The van der Waals surface area contributed by atoms with Crippen LogP contribution in [0.5, 0.6) is 11.5 Å². The van der Waals surface area contributed by atoms with Crippen molar-refractivity contribution in [2.45, 2.75) is 86.1 Å². The van der Waals surface area contributed by atoms with Gasteiger partial charge < -0.3 is 15.4 Å². The smallest absolute Gasteiger partial charge is 0.131 e. The van der Waals surface area contributed by atoms with E-state index < -0.39 is 0 Å². The Morgan fingerprint density at radius 2 is 1.67 bits per heavy atom. The molecule has 0 spiro atoms. The van der Waals surface area contributed by atoms with Crippen molar-refractivity contribution in [3.8, 4) is 11.5 Å². The lowest BCUT2D eigenvalue weighted by molar-refractivity contribution is 0.127. The van der Waals surface area contributed by atoms with Gasteiger partial charge in [-0.3, -0.25) is 0 Å². The average molecular weight is 530 g/mol. The summed E-state index contributed by atoms with van der Waals surface area (Å²) in [5.74, 6) is 3.05. The Morgan fingerprint density at radius 3 is 2.18 bits per heavy atom. The van der Waals surface area contributed by atoms with Gasteiger partial charge in [-0.2, -0.15) is 0 Å². The number of benzene rings is 2. The first kappa shape index (κ1) is 32.1. The second-order valence-corrected chi connectivity index (χ2v) is 10.5. The van der Waals surface area contributed by atoms with Gasteiger partial charge in [-0.05, 0) is 106 Å². The van der Waals surface area contributed by atoms with Crippen molar-refractivity contribution in [1.82, 2.24) is 4.90 Å². The minimum Gasteiger partial charge on any atom is -0.457 e. The second kappa shape index (κ2) is 17.5. The molecule has 1 saturated heterocycles. The fraction of sp³-hybridized carbons (Fsp3) is 0.457. The van der Waals surface area contributed by atoms with E-state index in [1.807, 2.05) is 68.4 Å². The van der Waals surface area contributed by atoms with E-state index >= 15 is 0 Å². The van der Waals surface area contributed by atoms with Gasteiger partial charge in [0.15, 0.2) is 0 Å². The third-order valence-corrected chi connectivity index (χ3v) is 7.20. The van der Waals surface area contributed by atoms with Crippen molar-refractivity contribution in [3.05, 3.63) is 89.8 Å². The van der Waals surface area contributed by atoms with Crippen molar-refractivity contribution in [2.75, 3.05) is 13.1 Å². The maximum Gasteiger partial charge on any atom is 0.131 e. The molecule has 4 nitrogen and oxygen atoms in total. The molecule has 0 saturated carbocycles. The lowest BCUT2D eigenvalue weighted by Gasteiger charge is -2.36. The normalized spacial score (nSPS) is 16.3. The van der Waals surface area contributed by atoms with Gasteiger partial charge in [0.1, 0.15) is 17.3 Å². The molecule has 1 unspecified atom stereocenters. The number of nitrogens with two attached hydrogens (primary N) is 1. The molecule has 2 N–H and O–H groups in total. The van der Waals surface area contributed by atoms with Crippen LogP contribution in [0.25, 0.3) is 5.57 Å². The van der Waals surface area contributed by atoms with E-state index in [2.05, 4.69) is 50.2 Å². The number of aliphatic imine (C=N–C) groups is 1. The number of hydrogen-bond donors (Lipinski definition) is 1. The Bertz CT molecular complexity index is 1070. The van der Waals surface area contributed by atoms with Crippen LogP contribution in [-0.2, 0) is 0 Å². The molecular weight excluding hydrogens is 478 g/mol. The zero-order chi connectivity index (χ0) is 28.6. The molecule has 1 atom stereocenters. The largest absolute Gasteiger partial charge is 0.457 e.